The van der Waals surface area contributed by atoms with Crippen LogP contribution in [0.15, 0.2) is 18.2 Å². The molecule has 0 radical (unpaired) electrons. The summed E-state index contributed by atoms with van der Waals surface area (Å²) in [5.41, 5.74) is 1.41. The van der Waals surface area contributed by atoms with Crippen LogP contribution in [0, 0.1) is 29.4 Å². The normalized spacial score (nSPS) is 12.4. The summed E-state index contributed by atoms with van der Waals surface area (Å²) >= 11 is 0. The van der Waals surface area contributed by atoms with Crippen molar-refractivity contribution in [2.24, 2.45) is 5.41 Å². The fraction of sp³-hybridized carbons (Fsp3) is 0.588. The number of esters is 1. The van der Waals surface area contributed by atoms with Gasteiger partial charge < -0.3 is 9.47 Å². The van der Waals surface area contributed by atoms with Gasteiger partial charge in [0.1, 0.15) is 5.75 Å². The molecule has 0 aromatic heterocycles. The van der Waals surface area contributed by atoms with Crippen molar-refractivity contribution < 1.29 is 24.2 Å². The Kier molecular flexibility index (Phi) is 7.00. The molecule has 7 nitrogen and oxygen atoms in total. The average Bonchev–Trinajstić information content (AvgIpc) is 2.46. The molecule has 0 amide bonds. The molecule has 1 aromatic carbocycles. The molecule has 1 rings (SSSR count). The molecule has 0 spiro atoms. The molecule has 7 heteroatoms. The molecule has 0 N–H and O–H groups in total. The molecular formula is C17H25NO6. The molecule has 0 aliphatic heterocycles. The highest BCUT2D eigenvalue weighted by Crippen LogP contribution is 2.26. The van der Waals surface area contributed by atoms with E-state index < -0.39 is 22.8 Å². The molecule has 134 valence electrons. The van der Waals surface area contributed by atoms with Gasteiger partial charge in [-0.3, -0.25) is 9.63 Å². The zero-order valence-corrected chi connectivity index (χ0v) is 14.8. The van der Waals surface area contributed by atoms with Gasteiger partial charge in [-0.15, -0.1) is 10.1 Å². The van der Waals surface area contributed by atoms with Crippen LogP contribution in [-0.2, 0) is 14.4 Å². The van der Waals surface area contributed by atoms with E-state index >= 15 is 0 Å². The minimum Gasteiger partial charge on any atom is -0.493 e. The second-order valence-corrected chi connectivity index (χ2v) is 6.41. The molecule has 0 heterocycles. The summed E-state index contributed by atoms with van der Waals surface area (Å²) in [6, 6.07) is 6.00. The minimum absolute atomic E-state index is 0.474. The molecule has 0 fully saturated rings. The van der Waals surface area contributed by atoms with Crippen molar-refractivity contribution in [3.63, 3.8) is 0 Å². The summed E-state index contributed by atoms with van der Waals surface area (Å²) in [4.78, 5) is 26.4. The number of ether oxygens (including phenoxy) is 2. The van der Waals surface area contributed by atoms with Gasteiger partial charge in [-0.1, -0.05) is 12.1 Å². The quantitative estimate of drug-likeness (QED) is 0.225. The predicted octanol–water partition coefficient (Wildman–Crippen LogP) is 3.59. The monoisotopic (exact) mass is 339 g/mol. The maximum absolute atomic E-state index is 12.1. The molecule has 0 saturated heterocycles. The molecule has 1 atom stereocenters. The van der Waals surface area contributed by atoms with Crippen LogP contribution in [0.25, 0.3) is 0 Å². The summed E-state index contributed by atoms with van der Waals surface area (Å²) in [6.07, 6.45) is -0.0417. The summed E-state index contributed by atoms with van der Waals surface area (Å²) in [5, 5.41) is 9.23. The van der Waals surface area contributed by atoms with Crippen molar-refractivity contribution in [1.29, 1.82) is 0 Å². The summed E-state index contributed by atoms with van der Waals surface area (Å²) in [7, 11) is 0. The summed E-state index contributed by atoms with van der Waals surface area (Å²) < 4.78 is 10.7. The van der Waals surface area contributed by atoms with E-state index in [0.717, 1.165) is 16.9 Å². The van der Waals surface area contributed by atoms with E-state index in [4.69, 9.17) is 9.47 Å². The lowest BCUT2D eigenvalue weighted by Gasteiger charge is -2.24. The second kappa shape index (κ2) is 8.52. The highest BCUT2D eigenvalue weighted by Gasteiger charge is 2.31. The number of rotatable bonds is 9. The van der Waals surface area contributed by atoms with Gasteiger partial charge in [-0.25, -0.2) is 0 Å². The van der Waals surface area contributed by atoms with E-state index in [1.807, 2.05) is 32.0 Å². The van der Waals surface area contributed by atoms with E-state index in [1.54, 1.807) is 13.8 Å². The molecule has 0 bridgehead atoms. The number of carbonyl (C=O) groups excluding carboxylic acids is 1. The van der Waals surface area contributed by atoms with Gasteiger partial charge in [-0.05, 0) is 64.7 Å². The molecular weight excluding hydrogens is 314 g/mol. The topological polar surface area (TPSA) is 87.9 Å². The van der Waals surface area contributed by atoms with Gasteiger partial charge in [-0.2, -0.15) is 0 Å². The van der Waals surface area contributed by atoms with Crippen molar-refractivity contribution >= 4 is 5.97 Å². The standard InChI is InChI=1S/C17H25NO6/c1-12-7-8-13(2)15(11-12)22-10-6-9-17(4,5)16(19)23-14(3)24-18(20)21/h7-8,11,14H,6,9-10H2,1-5H3. The number of hydrogen-bond acceptors (Lipinski definition) is 6. The minimum atomic E-state index is -1.22. The highest BCUT2D eigenvalue weighted by molar-refractivity contribution is 5.75. The smallest absolute Gasteiger partial charge is 0.313 e. The Hall–Kier alpha value is -2.31. The first-order valence-electron chi connectivity index (χ1n) is 7.84. The fourth-order valence-electron chi connectivity index (χ4n) is 2.11. The van der Waals surface area contributed by atoms with E-state index in [1.165, 1.54) is 6.92 Å². The Morgan fingerprint density at radius 1 is 1.33 bits per heavy atom. The summed E-state index contributed by atoms with van der Waals surface area (Å²) in [5.74, 6) is 0.298. The first kappa shape index (κ1) is 19.7. The maximum Gasteiger partial charge on any atom is 0.313 e. The molecule has 24 heavy (non-hydrogen) atoms. The van der Waals surface area contributed by atoms with Crippen LogP contribution >= 0.6 is 0 Å². The molecule has 1 unspecified atom stereocenters. The first-order valence-corrected chi connectivity index (χ1v) is 7.84. The zero-order chi connectivity index (χ0) is 18.3. The van der Waals surface area contributed by atoms with Gasteiger partial charge in [0.2, 0.25) is 6.29 Å². The fourth-order valence-corrected chi connectivity index (χ4v) is 2.11. The Balaban J connectivity index is 2.43. The van der Waals surface area contributed by atoms with Gasteiger partial charge in [0.05, 0.1) is 12.0 Å². The second-order valence-electron chi connectivity index (χ2n) is 6.41. The SMILES string of the molecule is Cc1ccc(C)c(OCCCC(C)(C)C(=O)OC(C)O[N+](=O)[O-])c1. The van der Waals surface area contributed by atoms with Crippen molar-refractivity contribution in [1.82, 2.24) is 0 Å². The van der Waals surface area contributed by atoms with Crippen molar-refractivity contribution in [2.75, 3.05) is 6.61 Å². The van der Waals surface area contributed by atoms with E-state index in [-0.39, 0.29) is 0 Å². The predicted molar refractivity (Wildman–Crippen MR) is 88.1 cm³/mol. The van der Waals surface area contributed by atoms with Gasteiger partial charge >= 0.3 is 5.97 Å². The van der Waals surface area contributed by atoms with Crippen LogP contribution in [-0.4, -0.2) is 24.0 Å². The third kappa shape index (κ3) is 6.44. The number of hydrogen-bond donors (Lipinski definition) is 0. The van der Waals surface area contributed by atoms with Crippen molar-refractivity contribution in [3.05, 3.63) is 39.4 Å². The van der Waals surface area contributed by atoms with Crippen LogP contribution in [0.1, 0.15) is 44.7 Å². The van der Waals surface area contributed by atoms with Crippen molar-refractivity contribution in [2.45, 2.75) is 53.8 Å². The van der Waals surface area contributed by atoms with Crippen LogP contribution in [0.5, 0.6) is 5.75 Å². The number of benzene rings is 1. The van der Waals surface area contributed by atoms with Gasteiger partial charge in [0, 0.05) is 0 Å². The van der Waals surface area contributed by atoms with Crippen LogP contribution in [0.3, 0.4) is 0 Å². The maximum atomic E-state index is 12.1. The highest BCUT2D eigenvalue weighted by atomic mass is 17.0. The molecule has 0 aliphatic carbocycles. The third-order valence-corrected chi connectivity index (χ3v) is 3.61. The van der Waals surface area contributed by atoms with Gasteiger partial charge in [0.25, 0.3) is 5.09 Å². The van der Waals surface area contributed by atoms with E-state index in [2.05, 4.69) is 4.84 Å². The Bertz CT molecular complexity index is 584. The van der Waals surface area contributed by atoms with Crippen LogP contribution < -0.4 is 4.74 Å². The van der Waals surface area contributed by atoms with Crippen molar-refractivity contribution in [3.8, 4) is 5.75 Å². The van der Waals surface area contributed by atoms with Gasteiger partial charge in [0.15, 0.2) is 0 Å². The zero-order valence-electron chi connectivity index (χ0n) is 14.8. The lowest BCUT2D eigenvalue weighted by atomic mass is 9.88. The molecule has 0 saturated carbocycles. The number of aryl methyl sites for hydroxylation is 2. The average molecular weight is 339 g/mol. The molecule has 0 aliphatic rings. The van der Waals surface area contributed by atoms with Crippen LogP contribution in [0.2, 0.25) is 0 Å². The lowest BCUT2D eigenvalue weighted by molar-refractivity contribution is -0.777. The molecule has 1 aromatic rings. The number of nitrogens with zero attached hydrogens (tertiary/aromatic N) is 1. The van der Waals surface area contributed by atoms with E-state index in [0.29, 0.717) is 19.4 Å². The Morgan fingerprint density at radius 3 is 2.62 bits per heavy atom. The van der Waals surface area contributed by atoms with E-state index in [9.17, 15) is 14.9 Å². The summed E-state index contributed by atoms with van der Waals surface area (Å²) in [6.45, 7) is 9.22. The number of carbonyl (C=O) groups is 1. The largest absolute Gasteiger partial charge is 0.493 e. The Labute approximate surface area is 142 Å². The third-order valence-electron chi connectivity index (χ3n) is 3.61. The first-order chi connectivity index (χ1) is 11.1. The van der Waals surface area contributed by atoms with Crippen LogP contribution in [0.4, 0.5) is 0 Å². The Morgan fingerprint density at radius 2 is 2.00 bits per heavy atom. The lowest BCUT2D eigenvalue weighted by Crippen LogP contribution is -2.31.